The maximum atomic E-state index is 6.00. The van der Waals surface area contributed by atoms with Gasteiger partial charge in [0.2, 0.25) is 0 Å². The Balaban J connectivity index is 2.15. The Morgan fingerprint density at radius 1 is 1.15 bits per heavy atom. The molecule has 4 nitrogen and oxygen atoms in total. The summed E-state index contributed by atoms with van der Waals surface area (Å²) in [7, 11) is 3.55. The Labute approximate surface area is 128 Å². The van der Waals surface area contributed by atoms with Gasteiger partial charge in [0, 0.05) is 31.8 Å². The van der Waals surface area contributed by atoms with Gasteiger partial charge in [0.1, 0.15) is 17.6 Å². The van der Waals surface area contributed by atoms with Gasteiger partial charge < -0.3 is 9.64 Å². The first-order chi connectivity index (χ1) is 9.58. The summed E-state index contributed by atoms with van der Waals surface area (Å²) in [4.78, 5) is 10.5. The van der Waals surface area contributed by atoms with Crippen LogP contribution in [0.4, 0.5) is 5.82 Å². The van der Waals surface area contributed by atoms with E-state index in [9.17, 15) is 0 Å². The van der Waals surface area contributed by atoms with E-state index in [0.29, 0.717) is 24.1 Å². The van der Waals surface area contributed by atoms with Crippen molar-refractivity contribution in [1.29, 1.82) is 0 Å². The number of ether oxygens (including phenoxy) is 1. The summed E-state index contributed by atoms with van der Waals surface area (Å²) in [5.41, 5.74) is 1.14. The van der Waals surface area contributed by atoms with Gasteiger partial charge in [-0.3, -0.25) is 0 Å². The van der Waals surface area contributed by atoms with Crippen LogP contribution in [0.1, 0.15) is 11.4 Å². The molecule has 6 heteroatoms. The highest BCUT2D eigenvalue weighted by atomic mass is 35.5. The van der Waals surface area contributed by atoms with Crippen molar-refractivity contribution in [3.05, 3.63) is 51.9 Å². The van der Waals surface area contributed by atoms with E-state index in [1.54, 1.807) is 13.2 Å². The van der Waals surface area contributed by atoms with Crippen LogP contribution in [0.15, 0.2) is 30.3 Å². The molecule has 1 heterocycles. The summed E-state index contributed by atoms with van der Waals surface area (Å²) >= 11 is 11.9. The largest absolute Gasteiger partial charge is 0.377 e. The quantitative estimate of drug-likeness (QED) is 0.791. The van der Waals surface area contributed by atoms with Crippen LogP contribution in [-0.4, -0.2) is 24.1 Å². The molecule has 2 aromatic rings. The summed E-state index contributed by atoms with van der Waals surface area (Å²) in [6.45, 7) is 1.04. The first-order valence-corrected chi connectivity index (χ1v) is 6.82. The third-order valence-corrected chi connectivity index (χ3v) is 3.17. The van der Waals surface area contributed by atoms with Gasteiger partial charge in [0.25, 0.3) is 0 Å². The molecule has 0 N–H and O–H groups in total. The average Bonchev–Trinajstić information content (AvgIpc) is 2.41. The second-order valence-corrected chi connectivity index (χ2v) is 5.20. The lowest BCUT2D eigenvalue weighted by atomic mass is 10.2. The number of rotatable bonds is 5. The van der Waals surface area contributed by atoms with E-state index in [-0.39, 0.29) is 0 Å². The molecule has 1 aromatic carbocycles. The summed E-state index contributed by atoms with van der Waals surface area (Å²) in [5.74, 6) is 1.32. The Kier molecular flexibility index (Phi) is 5.17. The molecule has 0 spiro atoms. The lowest BCUT2D eigenvalue weighted by Crippen LogP contribution is -2.18. The van der Waals surface area contributed by atoms with Crippen molar-refractivity contribution in [1.82, 2.24) is 9.97 Å². The van der Waals surface area contributed by atoms with E-state index in [1.165, 1.54) is 0 Å². The lowest BCUT2D eigenvalue weighted by molar-refractivity contribution is 0.178. The minimum Gasteiger partial charge on any atom is -0.377 e. The van der Waals surface area contributed by atoms with E-state index in [4.69, 9.17) is 27.9 Å². The van der Waals surface area contributed by atoms with Crippen molar-refractivity contribution in [2.45, 2.75) is 13.2 Å². The Morgan fingerprint density at radius 2 is 1.85 bits per heavy atom. The zero-order chi connectivity index (χ0) is 14.5. The van der Waals surface area contributed by atoms with Crippen LogP contribution in [0.5, 0.6) is 0 Å². The van der Waals surface area contributed by atoms with Crippen LogP contribution < -0.4 is 4.90 Å². The second kappa shape index (κ2) is 6.88. The molecule has 0 aliphatic carbocycles. The van der Waals surface area contributed by atoms with Crippen molar-refractivity contribution >= 4 is 29.0 Å². The molecule has 0 amide bonds. The standard InChI is InChI=1S/C14H15Cl2N3O/c1-19(8-10-3-5-11(15)6-4-10)14-7-12(16)17-13(18-14)9-20-2/h3-7H,8-9H2,1-2H3. The maximum absolute atomic E-state index is 6.00. The first kappa shape index (κ1) is 15.0. The van der Waals surface area contributed by atoms with Crippen molar-refractivity contribution in [3.63, 3.8) is 0 Å². The zero-order valence-corrected chi connectivity index (χ0v) is 12.8. The van der Waals surface area contributed by atoms with Crippen molar-refractivity contribution in [3.8, 4) is 0 Å². The fourth-order valence-corrected chi connectivity index (χ4v) is 2.11. The number of hydrogen-bond donors (Lipinski definition) is 0. The van der Waals surface area contributed by atoms with E-state index < -0.39 is 0 Å². The van der Waals surface area contributed by atoms with E-state index in [1.807, 2.05) is 36.2 Å². The summed E-state index contributed by atoms with van der Waals surface area (Å²) in [6, 6.07) is 9.44. The number of anilines is 1. The smallest absolute Gasteiger partial charge is 0.158 e. The molecule has 0 radical (unpaired) electrons. The predicted octanol–water partition coefficient (Wildman–Crippen LogP) is 3.57. The molecule has 0 saturated carbocycles. The maximum Gasteiger partial charge on any atom is 0.158 e. The number of nitrogens with zero attached hydrogens (tertiary/aromatic N) is 3. The van der Waals surface area contributed by atoms with Gasteiger partial charge in [-0.15, -0.1) is 0 Å². The number of aromatic nitrogens is 2. The SMILES string of the molecule is COCc1nc(Cl)cc(N(C)Cc2ccc(Cl)cc2)n1. The first-order valence-electron chi connectivity index (χ1n) is 6.06. The van der Waals surface area contributed by atoms with Crippen molar-refractivity contribution in [2.24, 2.45) is 0 Å². The molecule has 0 aliphatic heterocycles. The van der Waals surface area contributed by atoms with Gasteiger partial charge >= 0.3 is 0 Å². The molecular weight excluding hydrogens is 297 g/mol. The Hall–Kier alpha value is -1.36. The van der Waals surface area contributed by atoms with Crippen LogP contribution in [0.25, 0.3) is 0 Å². The lowest BCUT2D eigenvalue weighted by Gasteiger charge is -2.19. The van der Waals surface area contributed by atoms with Gasteiger partial charge in [-0.2, -0.15) is 0 Å². The molecule has 0 fully saturated rings. The number of methoxy groups -OCH3 is 1. The van der Waals surface area contributed by atoms with Crippen molar-refractivity contribution in [2.75, 3.05) is 19.1 Å². The van der Waals surface area contributed by atoms with Crippen LogP contribution in [0.2, 0.25) is 10.2 Å². The van der Waals surface area contributed by atoms with E-state index >= 15 is 0 Å². The monoisotopic (exact) mass is 311 g/mol. The molecule has 0 unspecified atom stereocenters. The van der Waals surface area contributed by atoms with E-state index in [0.717, 1.165) is 16.4 Å². The summed E-state index contributed by atoms with van der Waals surface area (Å²) in [6.07, 6.45) is 0. The number of benzene rings is 1. The van der Waals surface area contributed by atoms with Gasteiger partial charge in [0.05, 0.1) is 0 Å². The molecule has 0 bridgehead atoms. The van der Waals surface area contributed by atoms with Gasteiger partial charge in [-0.25, -0.2) is 9.97 Å². The molecule has 0 aliphatic rings. The zero-order valence-electron chi connectivity index (χ0n) is 11.3. The molecule has 1 aromatic heterocycles. The van der Waals surface area contributed by atoms with Crippen LogP contribution in [-0.2, 0) is 17.9 Å². The fourth-order valence-electron chi connectivity index (χ4n) is 1.79. The van der Waals surface area contributed by atoms with Gasteiger partial charge in [0.15, 0.2) is 5.82 Å². The molecule has 20 heavy (non-hydrogen) atoms. The highest BCUT2D eigenvalue weighted by Crippen LogP contribution is 2.18. The number of halogens is 2. The predicted molar refractivity (Wildman–Crippen MR) is 81.3 cm³/mol. The van der Waals surface area contributed by atoms with Crippen LogP contribution in [0, 0.1) is 0 Å². The third-order valence-electron chi connectivity index (χ3n) is 2.73. The van der Waals surface area contributed by atoms with Gasteiger partial charge in [-0.1, -0.05) is 35.3 Å². The fraction of sp³-hybridized carbons (Fsp3) is 0.286. The summed E-state index contributed by atoms with van der Waals surface area (Å²) < 4.78 is 5.03. The Morgan fingerprint density at radius 3 is 2.50 bits per heavy atom. The van der Waals surface area contributed by atoms with Crippen LogP contribution >= 0.6 is 23.2 Å². The van der Waals surface area contributed by atoms with Gasteiger partial charge in [-0.05, 0) is 17.7 Å². The topological polar surface area (TPSA) is 38.2 Å². The molecule has 106 valence electrons. The molecule has 0 saturated heterocycles. The average molecular weight is 312 g/mol. The van der Waals surface area contributed by atoms with Crippen LogP contribution in [0.3, 0.4) is 0 Å². The Bertz CT molecular complexity index is 575. The molecular formula is C14H15Cl2N3O. The molecule has 0 atom stereocenters. The minimum atomic E-state index is 0.336. The second-order valence-electron chi connectivity index (χ2n) is 4.38. The summed E-state index contributed by atoms with van der Waals surface area (Å²) in [5, 5.41) is 1.13. The highest BCUT2D eigenvalue weighted by molar-refractivity contribution is 6.30. The van der Waals surface area contributed by atoms with Crippen molar-refractivity contribution < 1.29 is 4.74 Å². The normalized spacial score (nSPS) is 10.6. The third kappa shape index (κ3) is 4.07. The molecule has 2 rings (SSSR count). The highest BCUT2D eigenvalue weighted by Gasteiger charge is 2.08. The number of hydrogen-bond acceptors (Lipinski definition) is 4. The van der Waals surface area contributed by atoms with E-state index in [2.05, 4.69) is 9.97 Å². The minimum absolute atomic E-state index is 0.336.